The number of methoxy groups -OCH3 is 1. The summed E-state index contributed by atoms with van der Waals surface area (Å²) in [5, 5.41) is 22.9. The van der Waals surface area contributed by atoms with Crippen molar-refractivity contribution in [2.24, 2.45) is 0 Å². The topological polar surface area (TPSA) is 138 Å². The van der Waals surface area contributed by atoms with Crippen molar-refractivity contribution in [1.29, 1.82) is 0 Å². The molecule has 0 saturated carbocycles. The third-order valence-corrected chi connectivity index (χ3v) is 7.91. The molecule has 1 aliphatic rings. The van der Waals surface area contributed by atoms with Crippen molar-refractivity contribution >= 4 is 34.8 Å². The highest BCUT2D eigenvalue weighted by Crippen LogP contribution is 2.41. The number of carbonyl (C=O) groups excluding carboxylic acids is 1. The van der Waals surface area contributed by atoms with Crippen LogP contribution >= 0.6 is 23.2 Å². The SMILES string of the molecule is COc1nc(-c2cccc(-c3cccc(NC(=O)c4c(C)cn[nH]c4=O)c3Cl)c2Cl)ccc1CNC1CCOC[C@@H]1O. The number of anilines is 1. The summed E-state index contributed by atoms with van der Waals surface area (Å²) in [6.07, 6.45) is 1.55. The number of H-pyrrole nitrogens is 1. The Morgan fingerprint density at radius 2 is 1.86 bits per heavy atom. The molecule has 1 aliphatic heterocycles. The molecule has 0 aliphatic carbocycles. The third kappa shape index (κ3) is 6.18. The minimum atomic E-state index is -0.604. The number of nitrogens with zero attached hydrogens (tertiary/aromatic N) is 2. The van der Waals surface area contributed by atoms with E-state index in [1.54, 1.807) is 32.2 Å². The second-order valence-electron chi connectivity index (χ2n) is 9.83. The van der Waals surface area contributed by atoms with E-state index in [-0.39, 0.29) is 16.6 Å². The van der Waals surface area contributed by atoms with E-state index in [1.165, 1.54) is 6.20 Å². The van der Waals surface area contributed by atoms with Crippen LogP contribution in [0.2, 0.25) is 10.0 Å². The summed E-state index contributed by atoms with van der Waals surface area (Å²) < 4.78 is 10.9. The van der Waals surface area contributed by atoms with Gasteiger partial charge in [0.2, 0.25) is 5.88 Å². The van der Waals surface area contributed by atoms with Crippen LogP contribution in [0.1, 0.15) is 27.9 Å². The normalized spacial score (nSPS) is 16.7. The van der Waals surface area contributed by atoms with Crippen molar-refractivity contribution in [3.8, 4) is 28.3 Å². The molecule has 4 aromatic rings. The fraction of sp³-hybridized carbons (Fsp3) is 0.267. The second kappa shape index (κ2) is 13.0. The molecule has 1 saturated heterocycles. The number of aryl methyl sites for hydroxylation is 1. The van der Waals surface area contributed by atoms with E-state index in [2.05, 4.69) is 20.8 Å². The van der Waals surface area contributed by atoms with Gasteiger partial charge in [-0.05, 0) is 31.0 Å². The molecule has 10 nitrogen and oxygen atoms in total. The predicted molar refractivity (Wildman–Crippen MR) is 161 cm³/mol. The average Bonchev–Trinajstić information content (AvgIpc) is 2.98. The summed E-state index contributed by atoms with van der Waals surface area (Å²) in [6.45, 7) is 3.00. The summed E-state index contributed by atoms with van der Waals surface area (Å²) in [5.74, 6) is -0.167. The molecule has 3 heterocycles. The highest BCUT2D eigenvalue weighted by molar-refractivity contribution is 6.39. The Bertz CT molecular complexity index is 1680. The van der Waals surface area contributed by atoms with Crippen LogP contribution in [-0.4, -0.2) is 58.7 Å². The van der Waals surface area contributed by atoms with Gasteiger partial charge in [0.1, 0.15) is 5.56 Å². The molecule has 2 aromatic heterocycles. The molecule has 1 fully saturated rings. The van der Waals surface area contributed by atoms with Crippen molar-refractivity contribution in [1.82, 2.24) is 20.5 Å². The van der Waals surface area contributed by atoms with Crippen LogP contribution in [0.4, 0.5) is 5.69 Å². The number of hydrogen-bond donors (Lipinski definition) is 4. The number of hydrogen-bond acceptors (Lipinski definition) is 8. The van der Waals surface area contributed by atoms with Crippen LogP contribution in [0.15, 0.2) is 59.5 Å². The van der Waals surface area contributed by atoms with Crippen molar-refractivity contribution in [3.63, 3.8) is 0 Å². The lowest BCUT2D eigenvalue weighted by atomic mass is 10.00. The molecule has 1 unspecified atom stereocenters. The number of halogens is 2. The van der Waals surface area contributed by atoms with Crippen LogP contribution in [0.3, 0.4) is 0 Å². The second-order valence-corrected chi connectivity index (χ2v) is 10.6. The number of aliphatic hydroxyl groups is 1. The number of ether oxygens (including phenoxy) is 2. The quantitative estimate of drug-likeness (QED) is 0.227. The van der Waals surface area contributed by atoms with Crippen molar-refractivity contribution in [2.45, 2.75) is 32.0 Å². The fourth-order valence-corrected chi connectivity index (χ4v) is 5.46. The molecule has 5 rings (SSSR count). The number of carbonyl (C=O) groups is 1. The van der Waals surface area contributed by atoms with Crippen LogP contribution < -0.4 is 20.9 Å². The number of aromatic nitrogens is 3. The Morgan fingerprint density at radius 3 is 2.60 bits per heavy atom. The number of pyridine rings is 1. The maximum absolute atomic E-state index is 12.9. The monoisotopic (exact) mass is 609 g/mol. The first kappa shape index (κ1) is 29.7. The number of rotatable bonds is 8. The zero-order valence-corrected chi connectivity index (χ0v) is 24.4. The molecule has 4 N–H and O–H groups in total. The van der Waals surface area contributed by atoms with E-state index in [0.717, 1.165) is 5.56 Å². The molecular formula is C30H29Cl2N5O5. The predicted octanol–water partition coefficient (Wildman–Crippen LogP) is 4.61. The van der Waals surface area contributed by atoms with Gasteiger partial charge >= 0.3 is 0 Å². The summed E-state index contributed by atoms with van der Waals surface area (Å²) in [5.41, 5.74) is 3.43. The summed E-state index contributed by atoms with van der Waals surface area (Å²) in [7, 11) is 1.55. The van der Waals surface area contributed by atoms with Crippen molar-refractivity contribution < 1.29 is 19.4 Å². The lowest BCUT2D eigenvalue weighted by molar-refractivity contribution is -0.0281. The molecule has 218 valence electrons. The van der Waals surface area contributed by atoms with Crippen LogP contribution in [-0.2, 0) is 11.3 Å². The minimum absolute atomic E-state index is 0.0471. The van der Waals surface area contributed by atoms with E-state index in [9.17, 15) is 14.7 Å². The number of nitrogens with one attached hydrogen (secondary N) is 3. The number of aliphatic hydroxyl groups excluding tert-OH is 1. The smallest absolute Gasteiger partial charge is 0.277 e. The molecule has 1 amide bonds. The Kier molecular flexibility index (Phi) is 9.20. The Labute approximate surface area is 252 Å². The molecule has 2 atom stereocenters. The zero-order valence-electron chi connectivity index (χ0n) is 22.9. The maximum Gasteiger partial charge on any atom is 0.277 e. The standard InChI is InChI=1S/C30H29Cl2N5O5/c1-16-13-34-37-29(40)25(16)28(39)35-23-8-4-6-19(27(23)32)18-5-3-7-20(26(18)31)21-10-9-17(30(36-21)41-2)14-33-22-11-12-42-15-24(22)38/h3-10,13,22,24,33,38H,11-12,14-15H2,1-2H3,(H,35,39)(H,37,40)/t22?,24-/m0/s1. The first-order chi connectivity index (χ1) is 20.3. The van der Waals surface area contributed by atoms with Gasteiger partial charge < -0.3 is 25.2 Å². The minimum Gasteiger partial charge on any atom is -0.481 e. The van der Waals surface area contributed by atoms with Crippen molar-refractivity contribution in [3.05, 3.63) is 91.8 Å². The van der Waals surface area contributed by atoms with Gasteiger partial charge in [-0.25, -0.2) is 10.1 Å². The summed E-state index contributed by atoms with van der Waals surface area (Å²) in [6, 6.07) is 14.4. The largest absolute Gasteiger partial charge is 0.481 e. The maximum atomic E-state index is 12.9. The van der Waals surface area contributed by atoms with E-state index in [1.807, 2.05) is 30.3 Å². The molecule has 42 heavy (non-hydrogen) atoms. The zero-order chi connectivity index (χ0) is 29.8. The van der Waals surface area contributed by atoms with Crippen LogP contribution in [0.5, 0.6) is 5.88 Å². The molecule has 12 heteroatoms. The lowest BCUT2D eigenvalue weighted by Crippen LogP contribution is -2.46. The first-order valence-electron chi connectivity index (χ1n) is 13.2. The van der Waals surface area contributed by atoms with E-state index < -0.39 is 17.6 Å². The van der Waals surface area contributed by atoms with Gasteiger partial charge in [-0.2, -0.15) is 5.10 Å². The van der Waals surface area contributed by atoms with Gasteiger partial charge in [0.15, 0.2) is 0 Å². The molecular weight excluding hydrogens is 581 g/mol. The van der Waals surface area contributed by atoms with Gasteiger partial charge in [-0.3, -0.25) is 9.59 Å². The molecule has 0 radical (unpaired) electrons. The third-order valence-electron chi connectivity index (χ3n) is 7.10. The van der Waals surface area contributed by atoms with E-state index >= 15 is 0 Å². The Balaban J connectivity index is 1.42. The van der Waals surface area contributed by atoms with Gasteiger partial charge in [0, 0.05) is 41.4 Å². The van der Waals surface area contributed by atoms with Gasteiger partial charge in [-0.15, -0.1) is 0 Å². The Morgan fingerprint density at radius 1 is 1.12 bits per heavy atom. The highest BCUT2D eigenvalue weighted by atomic mass is 35.5. The van der Waals surface area contributed by atoms with Crippen molar-refractivity contribution in [2.75, 3.05) is 25.6 Å². The summed E-state index contributed by atoms with van der Waals surface area (Å²) in [4.78, 5) is 29.8. The highest BCUT2D eigenvalue weighted by Gasteiger charge is 2.24. The molecule has 2 aromatic carbocycles. The fourth-order valence-electron chi connectivity index (χ4n) is 4.86. The van der Waals surface area contributed by atoms with Gasteiger partial charge in [-0.1, -0.05) is 59.6 Å². The Hall–Kier alpha value is -3.80. The van der Waals surface area contributed by atoms with E-state index in [0.29, 0.717) is 70.7 Å². The lowest BCUT2D eigenvalue weighted by Gasteiger charge is -2.28. The molecule has 0 spiro atoms. The first-order valence-corrected chi connectivity index (χ1v) is 14.0. The average molecular weight is 610 g/mol. The van der Waals surface area contributed by atoms with E-state index in [4.69, 9.17) is 37.7 Å². The van der Waals surface area contributed by atoms with Gasteiger partial charge in [0.25, 0.3) is 11.5 Å². The van der Waals surface area contributed by atoms with Gasteiger partial charge in [0.05, 0.1) is 47.4 Å². The van der Waals surface area contributed by atoms with Crippen LogP contribution in [0, 0.1) is 6.92 Å². The number of aromatic amines is 1. The summed E-state index contributed by atoms with van der Waals surface area (Å²) >= 11 is 13.7. The molecule has 0 bridgehead atoms. The van der Waals surface area contributed by atoms with Crippen LogP contribution in [0.25, 0.3) is 22.4 Å². The number of benzene rings is 2. The number of amides is 1.